The van der Waals surface area contributed by atoms with Crippen LogP contribution in [-0.4, -0.2) is 28.3 Å². The lowest BCUT2D eigenvalue weighted by molar-refractivity contribution is -0.138. The van der Waals surface area contributed by atoms with E-state index in [1.165, 1.54) is 0 Å². The second kappa shape index (κ2) is 3.59. The zero-order valence-electron chi connectivity index (χ0n) is 4.44. The van der Waals surface area contributed by atoms with Gasteiger partial charge in [0.15, 0.2) is 5.78 Å². The molecular weight excluding hydrogens is 126 g/mol. The molecule has 0 bridgehead atoms. The third kappa shape index (κ3) is 4.46. The van der Waals surface area contributed by atoms with Gasteiger partial charge in [-0.25, -0.2) is 0 Å². The number of carboxylic acid groups (broad SMARTS) is 1. The van der Waals surface area contributed by atoms with E-state index in [1.807, 2.05) is 0 Å². The molecule has 0 saturated heterocycles. The van der Waals surface area contributed by atoms with Crippen LogP contribution in [0.5, 0.6) is 0 Å². The van der Waals surface area contributed by atoms with Gasteiger partial charge >= 0.3 is 5.97 Å². The van der Waals surface area contributed by atoms with Crippen molar-refractivity contribution < 1.29 is 19.9 Å². The monoisotopic (exact) mass is 131 g/mol. The van der Waals surface area contributed by atoms with Crippen LogP contribution in [-0.2, 0) is 9.59 Å². The molecule has 5 nitrogen and oxygen atoms in total. The quantitative estimate of drug-likeness (QED) is 0.234. The van der Waals surface area contributed by atoms with E-state index in [0.717, 1.165) is 0 Å². The summed E-state index contributed by atoms with van der Waals surface area (Å²) in [4.78, 5) is 19.9. The molecule has 0 radical (unpaired) electrons. The van der Waals surface area contributed by atoms with Gasteiger partial charge in [-0.3, -0.25) is 9.59 Å². The molecule has 0 spiro atoms. The molecule has 0 saturated carbocycles. The molecule has 0 amide bonds. The highest BCUT2D eigenvalue weighted by Crippen LogP contribution is 1.78. The number of oxime groups is 1. The van der Waals surface area contributed by atoms with E-state index >= 15 is 0 Å². The molecule has 50 valence electrons. The number of hydrogen-bond acceptors (Lipinski definition) is 4. The Morgan fingerprint density at radius 1 is 1.56 bits per heavy atom. The number of ketones is 1. The van der Waals surface area contributed by atoms with Gasteiger partial charge in [-0.05, 0) is 0 Å². The van der Waals surface area contributed by atoms with Crippen molar-refractivity contribution in [2.24, 2.45) is 5.16 Å². The van der Waals surface area contributed by atoms with Gasteiger partial charge in [-0.15, -0.1) is 0 Å². The molecule has 0 atom stereocenters. The Morgan fingerprint density at radius 2 is 2.11 bits per heavy atom. The predicted octanol–water partition coefficient (Wildman–Crippen LogP) is -0.510. The van der Waals surface area contributed by atoms with Crippen molar-refractivity contribution in [3.8, 4) is 0 Å². The van der Waals surface area contributed by atoms with Crippen LogP contribution in [0.1, 0.15) is 6.42 Å². The van der Waals surface area contributed by atoms with Crippen molar-refractivity contribution in [1.82, 2.24) is 0 Å². The third-order valence-corrected chi connectivity index (χ3v) is 0.527. The molecule has 0 aromatic rings. The molecule has 5 heteroatoms. The summed E-state index contributed by atoms with van der Waals surface area (Å²) in [5.41, 5.74) is 0. The fourth-order valence-corrected chi connectivity index (χ4v) is 0.259. The first kappa shape index (κ1) is 7.61. The highest BCUT2D eigenvalue weighted by atomic mass is 16.4. The lowest BCUT2D eigenvalue weighted by atomic mass is 10.3. The Morgan fingerprint density at radius 3 is 2.44 bits per heavy atom. The molecule has 0 aliphatic heterocycles. The predicted molar refractivity (Wildman–Crippen MR) is 27.5 cm³/mol. The Hall–Kier alpha value is -1.39. The van der Waals surface area contributed by atoms with E-state index in [4.69, 9.17) is 10.3 Å². The van der Waals surface area contributed by atoms with E-state index < -0.39 is 18.2 Å². The van der Waals surface area contributed by atoms with Crippen molar-refractivity contribution in [3.63, 3.8) is 0 Å². The lowest BCUT2D eigenvalue weighted by Crippen LogP contribution is -2.06. The van der Waals surface area contributed by atoms with Crippen molar-refractivity contribution in [2.75, 3.05) is 0 Å². The van der Waals surface area contributed by atoms with Crippen LogP contribution in [0.2, 0.25) is 0 Å². The van der Waals surface area contributed by atoms with Crippen molar-refractivity contribution in [2.45, 2.75) is 6.42 Å². The normalized spacial score (nSPS) is 9.78. The summed E-state index contributed by atoms with van der Waals surface area (Å²) in [6.45, 7) is 0. The average Bonchev–Trinajstić information content (AvgIpc) is 1.63. The summed E-state index contributed by atoms with van der Waals surface area (Å²) in [6, 6.07) is 0. The second-order valence-electron chi connectivity index (χ2n) is 1.28. The maximum absolute atomic E-state index is 10.2. The van der Waals surface area contributed by atoms with Crippen LogP contribution in [0.4, 0.5) is 0 Å². The van der Waals surface area contributed by atoms with Gasteiger partial charge in [0.1, 0.15) is 12.6 Å². The van der Waals surface area contributed by atoms with E-state index in [0.29, 0.717) is 6.21 Å². The molecule has 0 fully saturated rings. The van der Waals surface area contributed by atoms with Crippen LogP contribution in [0, 0.1) is 0 Å². The fraction of sp³-hybridized carbons (Fsp3) is 0.250. The minimum absolute atomic E-state index is 0.550. The van der Waals surface area contributed by atoms with Crippen LogP contribution in [0.3, 0.4) is 0 Å². The number of nitrogens with zero attached hydrogens (tertiary/aromatic N) is 1. The Kier molecular flexibility index (Phi) is 3.04. The van der Waals surface area contributed by atoms with Crippen molar-refractivity contribution in [3.05, 3.63) is 0 Å². The lowest BCUT2D eigenvalue weighted by Gasteiger charge is -1.82. The van der Waals surface area contributed by atoms with Gasteiger partial charge in [0.05, 0.1) is 0 Å². The first-order valence-corrected chi connectivity index (χ1v) is 2.09. The van der Waals surface area contributed by atoms with Crippen LogP contribution in [0.15, 0.2) is 5.16 Å². The molecule has 0 aliphatic rings. The second-order valence-corrected chi connectivity index (χ2v) is 1.28. The van der Waals surface area contributed by atoms with E-state index in [2.05, 4.69) is 5.16 Å². The molecule has 0 heterocycles. The smallest absolute Gasteiger partial charge is 0.311 e. The Labute approximate surface area is 50.6 Å². The van der Waals surface area contributed by atoms with Crippen LogP contribution >= 0.6 is 0 Å². The highest BCUT2D eigenvalue weighted by molar-refractivity contribution is 6.30. The molecule has 0 rings (SSSR count). The first-order valence-electron chi connectivity index (χ1n) is 2.09. The number of carbonyl (C=O) groups excluding carboxylic acids is 1. The van der Waals surface area contributed by atoms with E-state index in [-0.39, 0.29) is 0 Å². The fourth-order valence-electron chi connectivity index (χ4n) is 0.259. The number of rotatable bonds is 3. The third-order valence-electron chi connectivity index (χ3n) is 0.527. The molecule has 0 aliphatic carbocycles. The van der Waals surface area contributed by atoms with Gasteiger partial charge in [-0.1, -0.05) is 5.16 Å². The van der Waals surface area contributed by atoms with Crippen LogP contribution < -0.4 is 0 Å². The van der Waals surface area contributed by atoms with Gasteiger partial charge < -0.3 is 10.3 Å². The minimum atomic E-state index is -1.24. The Bertz CT molecular complexity index is 151. The summed E-state index contributed by atoms with van der Waals surface area (Å²) in [6.07, 6.45) is -0.0851. The largest absolute Gasteiger partial charge is 0.481 e. The van der Waals surface area contributed by atoms with Gasteiger partial charge in [-0.2, -0.15) is 0 Å². The number of carboxylic acids is 1. The van der Waals surface area contributed by atoms with Crippen molar-refractivity contribution >= 4 is 18.0 Å². The summed E-state index contributed by atoms with van der Waals surface area (Å²) >= 11 is 0. The van der Waals surface area contributed by atoms with Gasteiger partial charge in [0.25, 0.3) is 0 Å². The summed E-state index contributed by atoms with van der Waals surface area (Å²) in [5, 5.41) is 18.0. The maximum atomic E-state index is 10.2. The average molecular weight is 131 g/mol. The first-order chi connectivity index (χ1) is 4.16. The zero-order valence-corrected chi connectivity index (χ0v) is 4.44. The minimum Gasteiger partial charge on any atom is -0.481 e. The zero-order chi connectivity index (χ0) is 7.28. The topological polar surface area (TPSA) is 87.0 Å². The summed E-state index contributed by atoms with van der Waals surface area (Å²) in [7, 11) is 0. The SMILES string of the molecule is O=C(O)CC(=O)/C=N/O. The van der Waals surface area contributed by atoms with Crippen LogP contribution in [0.25, 0.3) is 0 Å². The number of aliphatic carboxylic acids is 1. The van der Waals surface area contributed by atoms with Crippen molar-refractivity contribution in [1.29, 1.82) is 0 Å². The van der Waals surface area contributed by atoms with Gasteiger partial charge in [0, 0.05) is 0 Å². The number of Topliss-reactive ketones (excluding diaryl/α,β-unsaturated/α-hetero) is 1. The number of carbonyl (C=O) groups is 2. The van der Waals surface area contributed by atoms with E-state index in [1.54, 1.807) is 0 Å². The molecule has 0 aromatic carbocycles. The molecular formula is C4H5NO4. The molecule has 9 heavy (non-hydrogen) atoms. The van der Waals surface area contributed by atoms with E-state index in [9.17, 15) is 9.59 Å². The summed E-state index contributed by atoms with van der Waals surface area (Å²) in [5.74, 6) is -1.97. The summed E-state index contributed by atoms with van der Waals surface area (Å²) < 4.78 is 0. The molecule has 0 unspecified atom stereocenters. The maximum Gasteiger partial charge on any atom is 0.311 e. The highest BCUT2D eigenvalue weighted by Gasteiger charge is 2.03. The van der Waals surface area contributed by atoms with Gasteiger partial charge in [0.2, 0.25) is 0 Å². The molecule has 2 N–H and O–H groups in total. The standard InChI is InChI=1S/C4H5NO4/c6-3(2-5-9)1-4(7)8/h2,9H,1H2,(H,7,8)/b5-2+. The Balaban J connectivity index is 3.64. The molecule has 0 aromatic heterocycles. The number of hydrogen-bond donors (Lipinski definition) is 2.